The molecule has 1 N–H and O–H groups in total. The van der Waals surface area contributed by atoms with Crippen molar-refractivity contribution in [2.24, 2.45) is 0 Å². The van der Waals surface area contributed by atoms with Crippen LogP contribution in [-0.4, -0.2) is 33.4 Å². The lowest BCUT2D eigenvalue weighted by Crippen LogP contribution is -2.22. The number of anilines is 1. The van der Waals surface area contributed by atoms with Gasteiger partial charge in [0.05, 0.1) is 11.4 Å². The molecular formula is C17H18Cl3N3O3. The lowest BCUT2D eigenvalue weighted by molar-refractivity contribution is 0.0748. The van der Waals surface area contributed by atoms with Gasteiger partial charge in [0.25, 0.3) is 0 Å². The highest BCUT2D eigenvalue weighted by molar-refractivity contribution is 6.67. The number of hydrogen-bond donors (Lipinski definition) is 1. The van der Waals surface area contributed by atoms with Crippen molar-refractivity contribution in [1.82, 2.24) is 9.78 Å². The van der Waals surface area contributed by atoms with E-state index >= 15 is 0 Å². The van der Waals surface area contributed by atoms with E-state index in [1.807, 2.05) is 31.2 Å². The Balaban J connectivity index is 1.87. The van der Waals surface area contributed by atoms with Crippen LogP contribution in [0.2, 0.25) is 0 Å². The van der Waals surface area contributed by atoms with Gasteiger partial charge >= 0.3 is 6.09 Å². The summed E-state index contributed by atoms with van der Waals surface area (Å²) in [5, 5.41) is 7.27. The van der Waals surface area contributed by atoms with Gasteiger partial charge in [0.2, 0.25) is 3.79 Å². The number of ether oxygens (including phenoxy) is 2. The predicted molar refractivity (Wildman–Crippen MR) is 101 cm³/mol. The molecule has 0 spiro atoms. The summed E-state index contributed by atoms with van der Waals surface area (Å²) in [5.41, 5.74) is 2.27. The number of benzene rings is 1. The van der Waals surface area contributed by atoms with Gasteiger partial charge in [0.15, 0.2) is 0 Å². The first-order valence-electron chi connectivity index (χ1n) is 7.96. The highest BCUT2D eigenvalue weighted by Crippen LogP contribution is 2.48. The second-order valence-corrected chi connectivity index (χ2v) is 8.69. The Labute approximate surface area is 166 Å². The molecule has 1 fully saturated rings. The van der Waals surface area contributed by atoms with Gasteiger partial charge in [-0.05, 0) is 31.9 Å². The molecule has 1 aliphatic rings. The maximum atomic E-state index is 12.1. The maximum Gasteiger partial charge on any atom is 0.412 e. The van der Waals surface area contributed by atoms with Crippen LogP contribution in [0.15, 0.2) is 30.3 Å². The van der Waals surface area contributed by atoms with Crippen molar-refractivity contribution in [3.8, 4) is 5.69 Å². The van der Waals surface area contributed by atoms with E-state index in [1.54, 1.807) is 17.9 Å². The number of amides is 1. The molecule has 2 aromatic rings. The number of halogens is 3. The molecule has 1 heterocycles. The van der Waals surface area contributed by atoms with Crippen molar-refractivity contribution in [2.45, 2.75) is 29.2 Å². The number of carbonyl (C=O) groups is 1. The highest BCUT2D eigenvalue weighted by Gasteiger charge is 2.47. The van der Waals surface area contributed by atoms with Crippen LogP contribution in [0.25, 0.3) is 5.69 Å². The zero-order valence-corrected chi connectivity index (χ0v) is 16.5. The number of alkyl halides is 3. The molecule has 0 atom stereocenters. The van der Waals surface area contributed by atoms with Crippen molar-refractivity contribution in [2.75, 3.05) is 19.0 Å². The number of rotatable bonds is 5. The molecular weight excluding hydrogens is 401 g/mol. The fraction of sp³-hybridized carbons (Fsp3) is 0.412. The normalized spacial score (nSPS) is 15.6. The molecule has 0 saturated heterocycles. The minimum absolute atomic E-state index is 0.364. The Bertz CT molecular complexity index is 796. The highest BCUT2D eigenvalue weighted by atomic mass is 35.6. The second-order valence-electron chi connectivity index (χ2n) is 6.18. The molecule has 0 radical (unpaired) electrons. The first kappa shape index (κ1) is 19.3. The van der Waals surface area contributed by atoms with Crippen molar-refractivity contribution in [3.05, 3.63) is 41.6 Å². The number of aryl methyl sites for hydroxylation is 1. The van der Waals surface area contributed by atoms with E-state index in [0.29, 0.717) is 5.82 Å². The SMILES string of the molecule is COC1(c2cc(NC(=O)OCC(Cl)(Cl)Cl)n(-c3ccc(C)cc3)n2)CC1. The van der Waals surface area contributed by atoms with Gasteiger partial charge in [0.1, 0.15) is 18.0 Å². The van der Waals surface area contributed by atoms with E-state index in [1.165, 1.54) is 0 Å². The number of nitrogens with one attached hydrogen (secondary N) is 1. The molecule has 1 aromatic heterocycles. The zero-order chi connectivity index (χ0) is 18.9. The first-order chi connectivity index (χ1) is 12.2. The van der Waals surface area contributed by atoms with Crippen LogP contribution in [0.1, 0.15) is 24.1 Å². The molecule has 6 nitrogen and oxygen atoms in total. The van der Waals surface area contributed by atoms with Gasteiger partial charge in [-0.3, -0.25) is 5.32 Å². The van der Waals surface area contributed by atoms with E-state index in [9.17, 15) is 4.79 Å². The summed E-state index contributed by atoms with van der Waals surface area (Å²) in [7, 11) is 1.65. The summed E-state index contributed by atoms with van der Waals surface area (Å²) in [6.07, 6.45) is 1.02. The van der Waals surface area contributed by atoms with E-state index in [2.05, 4.69) is 10.4 Å². The topological polar surface area (TPSA) is 65.4 Å². The Morgan fingerprint density at radius 2 is 1.96 bits per heavy atom. The third-order valence-corrected chi connectivity index (χ3v) is 4.47. The summed E-state index contributed by atoms with van der Waals surface area (Å²) >= 11 is 16.8. The van der Waals surface area contributed by atoms with Crippen LogP contribution in [-0.2, 0) is 15.1 Å². The molecule has 0 unspecified atom stereocenters. The van der Waals surface area contributed by atoms with Gasteiger partial charge in [0, 0.05) is 13.2 Å². The van der Waals surface area contributed by atoms with Crippen LogP contribution in [0.4, 0.5) is 10.6 Å². The average Bonchev–Trinajstić information content (AvgIpc) is 3.28. The summed E-state index contributed by atoms with van der Waals surface area (Å²) < 4.78 is 10.5. The number of methoxy groups -OCH3 is 1. The van der Waals surface area contributed by atoms with Gasteiger partial charge < -0.3 is 9.47 Å². The Kier molecular flexibility index (Phi) is 5.40. The summed E-state index contributed by atoms with van der Waals surface area (Å²) in [6.45, 7) is 1.63. The van der Waals surface area contributed by atoms with Crippen molar-refractivity contribution < 1.29 is 14.3 Å². The second kappa shape index (κ2) is 7.27. The third kappa shape index (κ3) is 4.43. The summed E-state index contributed by atoms with van der Waals surface area (Å²) in [4.78, 5) is 12.1. The lowest BCUT2D eigenvalue weighted by atomic mass is 10.2. The maximum absolute atomic E-state index is 12.1. The number of nitrogens with zero attached hydrogens (tertiary/aromatic N) is 2. The van der Waals surface area contributed by atoms with Crippen molar-refractivity contribution in [3.63, 3.8) is 0 Å². The number of hydrogen-bond acceptors (Lipinski definition) is 4. The Morgan fingerprint density at radius 1 is 1.31 bits per heavy atom. The first-order valence-corrected chi connectivity index (χ1v) is 9.09. The average molecular weight is 419 g/mol. The molecule has 26 heavy (non-hydrogen) atoms. The molecule has 1 saturated carbocycles. The van der Waals surface area contributed by atoms with Crippen molar-refractivity contribution >= 4 is 46.7 Å². The predicted octanol–water partition coefficient (Wildman–Crippen LogP) is 4.73. The van der Waals surface area contributed by atoms with Crippen molar-refractivity contribution in [1.29, 1.82) is 0 Å². The number of carbonyl (C=O) groups excluding carboxylic acids is 1. The molecule has 9 heteroatoms. The lowest BCUT2D eigenvalue weighted by Gasteiger charge is -2.13. The zero-order valence-electron chi connectivity index (χ0n) is 14.3. The fourth-order valence-electron chi connectivity index (χ4n) is 2.54. The molecule has 3 rings (SSSR count). The summed E-state index contributed by atoms with van der Waals surface area (Å²) in [6, 6.07) is 9.52. The van der Waals surface area contributed by atoms with Crippen LogP contribution < -0.4 is 5.32 Å². The number of aromatic nitrogens is 2. The molecule has 140 valence electrons. The monoisotopic (exact) mass is 417 g/mol. The fourth-order valence-corrected chi connectivity index (χ4v) is 2.71. The van der Waals surface area contributed by atoms with Gasteiger partial charge in [-0.15, -0.1) is 0 Å². The summed E-state index contributed by atoms with van der Waals surface area (Å²) in [5.74, 6) is 0.446. The van der Waals surface area contributed by atoms with E-state index < -0.39 is 15.5 Å². The van der Waals surface area contributed by atoms with Crippen LogP contribution in [0, 0.1) is 6.92 Å². The smallest absolute Gasteiger partial charge is 0.412 e. The minimum atomic E-state index is -1.67. The van der Waals surface area contributed by atoms with E-state index in [0.717, 1.165) is 29.8 Å². The van der Waals surface area contributed by atoms with E-state index in [-0.39, 0.29) is 6.61 Å². The van der Waals surface area contributed by atoms with Gasteiger partial charge in [-0.2, -0.15) is 5.10 Å². The third-order valence-electron chi connectivity index (χ3n) is 4.15. The molecule has 1 aliphatic carbocycles. The minimum Gasteiger partial charge on any atom is -0.445 e. The Morgan fingerprint density at radius 3 is 2.50 bits per heavy atom. The molecule has 0 aliphatic heterocycles. The van der Waals surface area contributed by atoms with E-state index in [4.69, 9.17) is 44.3 Å². The molecule has 0 bridgehead atoms. The molecule has 1 amide bonds. The molecule has 1 aromatic carbocycles. The van der Waals surface area contributed by atoms with Crippen LogP contribution in [0.5, 0.6) is 0 Å². The standard InChI is InChI=1S/C17H18Cl3N3O3/c1-11-3-5-12(6-4-11)23-14(21-15(24)26-10-17(18,19)20)9-13(22-23)16(25-2)7-8-16/h3-6,9H,7-8,10H2,1-2H3,(H,21,24). The largest absolute Gasteiger partial charge is 0.445 e. The van der Waals surface area contributed by atoms with Gasteiger partial charge in [-0.25, -0.2) is 9.48 Å². The van der Waals surface area contributed by atoms with Crippen LogP contribution in [0.3, 0.4) is 0 Å². The quantitative estimate of drug-likeness (QED) is 0.713. The van der Waals surface area contributed by atoms with Gasteiger partial charge in [-0.1, -0.05) is 52.5 Å². The van der Waals surface area contributed by atoms with Crippen LogP contribution >= 0.6 is 34.8 Å². The Hall–Kier alpha value is -1.47.